The summed E-state index contributed by atoms with van der Waals surface area (Å²) < 4.78 is 0. The average molecular weight is 380 g/mol. The SMILES string of the molecule is CC1C(C)C1C(C)(C(C)C)N(C(C)C)C(C)(C(C)C)C(C)(C(C)C)C(C)C. The van der Waals surface area contributed by atoms with Crippen molar-refractivity contribution in [2.75, 3.05) is 0 Å². The molecule has 0 aliphatic heterocycles. The summed E-state index contributed by atoms with van der Waals surface area (Å²) in [5, 5.41) is 0. The first-order valence-corrected chi connectivity index (χ1v) is 11.8. The van der Waals surface area contributed by atoms with E-state index >= 15 is 0 Å². The smallest absolute Gasteiger partial charge is 0.0271 e. The van der Waals surface area contributed by atoms with Gasteiger partial charge in [-0.25, -0.2) is 0 Å². The summed E-state index contributed by atoms with van der Waals surface area (Å²) in [7, 11) is 0. The highest BCUT2D eigenvalue weighted by Crippen LogP contribution is 2.62. The second-order valence-corrected chi connectivity index (χ2v) is 12.0. The van der Waals surface area contributed by atoms with Gasteiger partial charge in [-0.3, -0.25) is 4.90 Å². The maximum Gasteiger partial charge on any atom is 0.0271 e. The zero-order chi connectivity index (χ0) is 21.7. The van der Waals surface area contributed by atoms with Gasteiger partial charge in [-0.2, -0.15) is 0 Å². The Morgan fingerprint density at radius 1 is 0.593 bits per heavy atom. The number of hydrogen-bond donors (Lipinski definition) is 0. The van der Waals surface area contributed by atoms with Crippen LogP contribution >= 0.6 is 0 Å². The summed E-state index contributed by atoms with van der Waals surface area (Å²) in [6.45, 7) is 37.3. The molecule has 1 aliphatic carbocycles. The van der Waals surface area contributed by atoms with Crippen LogP contribution in [0.3, 0.4) is 0 Å². The molecule has 1 rings (SSSR count). The molecule has 0 bridgehead atoms. The number of nitrogens with zero attached hydrogens (tertiary/aromatic N) is 1. The lowest BCUT2D eigenvalue weighted by molar-refractivity contribution is -0.174. The van der Waals surface area contributed by atoms with E-state index in [2.05, 4.69) is 109 Å². The molecular weight excluding hydrogens is 326 g/mol. The van der Waals surface area contributed by atoms with Gasteiger partial charge in [0.15, 0.2) is 0 Å². The highest BCUT2D eigenvalue weighted by Gasteiger charge is 2.64. The zero-order valence-corrected chi connectivity index (χ0v) is 21.6. The Morgan fingerprint density at radius 3 is 1.15 bits per heavy atom. The van der Waals surface area contributed by atoms with Gasteiger partial charge in [0.2, 0.25) is 0 Å². The number of rotatable bonds is 9. The fourth-order valence-corrected chi connectivity index (χ4v) is 7.14. The minimum atomic E-state index is 0.130. The van der Waals surface area contributed by atoms with Crippen molar-refractivity contribution in [2.24, 2.45) is 46.8 Å². The standard InChI is InChI=1S/C26H53N/c1-16(2)24(13,17(3)4)26(15,19(7)8)27(20(9)10)25(14,18(5)6)23-21(11)22(23)12/h16-23H,1-15H3. The first-order valence-electron chi connectivity index (χ1n) is 11.8. The molecule has 4 unspecified atom stereocenters. The first kappa shape index (κ1) is 25.0. The van der Waals surface area contributed by atoms with Crippen LogP contribution < -0.4 is 0 Å². The van der Waals surface area contributed by atoms with Gasteiger partial charge in [0.1, 0.15) is 0 Å². The van der Waals surface area contributed by atoms with Gasteiger partial charge in [-0.1, -0.05) is 76.2 Å². The third-order valence-corrected chi connectivity index (χ3v) is 9.81. The van der Waals surface area contributed by atoms with Crippen LogP contribution in [0.5, 0.6) is 0 Å². The van der Waals surface area contributed by atoms with Crippen molar-refractivity contribution >= 4 is 0 Å². The van der Waals surface area contributed by atoms with Crippen molar-refractivity contribution in [3.8, 4) is 0 Å². The van der Waals surface area contributed by atoms with Crippen molar-refractivity contribution < 1.29 is 0 Å². The molecule has 0 aromatic rings. The van der Waals surface area contributed by atoms with Gasteiger partial charge in [0, 0.05) is 17.1 Å². The maximum atomic E-state index is 3.01. The summed E-state index contributed by atoms with van der Waals surface area (Å²) in [5.74, 6) is 4.96. The molecule has 0 radical (unpaired) electrons. The van der Waals surface area contributed by atoms with Crippen LogP contribution in [0.2, 0.25) is 0 Å². The van der Waals surface area contributed by atoms with Gasteiger partial charge in [0.05, 0.1) is 0 Å². The molecule has 1 heteroatoms. The van der Waals surface area contributed by atoms with Crippen molar-refractivity contribution in [3.63, 3.8) is 0 Å². The van der Waals surface area contributed by atoms with E-state index in [1.54, 1.807) is 0 Å². The van der Waals surface area contributed by atoms with E-state index < -0.39 is 0 Å². The molecule has 0 saturated heterocycles. The predicted octanol–water partition coefficient (Wildman–Crippen LogP) is 7.75. The third-order valence-electron chi connectivity index (χ3n) is 9.81. The molecule has 0 aromatic heterocycles. The van der Waals surface area contributed by atoms with Crippen molar-refractivity contribution in [2.45, 2.75) is 121 Å². The van der Waals surface area contributed by atoms with Gasteiger partial charge >= 0.3 is 0 Å². The molecule has 1 saturated carbocycles. The summed E-state index contributed by atoms with van der Waals surface area (Å²) in [5.41, 5.74) is 0.588. The van der Waals surface area contributed by atoms with Crippen LogP contribution in [-0.4, -0.2) is 22.0 Å². The molecule has 1 nitrogen and oxygen atoms in total. The van der Waals surface area contributed by atoms with Crippen LogP contribution in [0.4, 0.5) is 0 Å². The monoisotopic (exact) mass is 379 g/mol. The van der Waals surface area contributed by atoms with E-state index in [0.29, 0.717) is 29.7 Å². The van der Waals surface area contributed by atoms with Gasteiger partial charge in [-0.05, 0) is 74.5 Å². The van der Waals surface area contributed by atoms with Gasteiger partial charge in [0.25, 0.3) is 0 Å². The van der Waals surface area contributed by atoms with Gasteiger partial charge in [-0.15, -0.1) is 0 Å². The molecular formula is C26H53N. The van der Waals surface area contributed by atoms with Crippen LogP contribution in [0.25, 0.3) is 0 Å². The summed E-state index contributed by atoms with van der Waals surface area (Å²) >= 11 is 0. The Labute approximate surface area is 173 Å². The van der Waals surface area contributed by atoms with E-state index in [1.807, 2.05) is 0 Å². The van der Waals surface area contributed by atoms with Crippen molar-refractivity contribution in [3.05, 3.63) is 0 Å². The molecule has 27 heavy (non-hydrogen) atoms. The normalized spacial score (nSPS) is 28.6. The van der Waals surface area contributed by atoms with E-state index in [0.717, 1.165) is 17.8 Å². The largest absolute Gasteiger partial charge is 0.289 e. The molecule has 1 fully saturated rings. The molecule has 0 spiro atoms. The Kier molecular flexibility index (Phi) is 7.41. The predicted molar refractivity (Wildman–Crippen MR) is 123 cm³/mol. The van der Waals surface area contributed by atoms with Crippen molar-refractivity contribution in [1.29, 1.82) is 0 Å². The molecule has 0 N–H and O–H groups in total. The minimum Gasteiger partial charge on any atom is -0.289 e. The highest BCUT2D eigenvalue weighted by molar-refractivity contribution is 5.16. The summed E-state index contributed by atoms with van der Waals surface area (Å²) in [6.07, 6.45) is 0. The topological polar surface area (TPSA) is 3.24 Å². The van der Waals surface area contributed by atoms with E-state index in [4.69, 9.17) is 0 Å². The van der Waals surface area contributed by atoms with E-state index in [1.165, 1.54) is 0 Å². The summed E-state index contributed by atoms with van der Waals surface area (Å²) in [6, 6.07) is 0.529. The number of hydrogen-bond acceptors (Lipinski definition) is 1. The average Bonchev–Trinajstić information content (AvgIpc) is 3.11. The van der Waals surface area contributed by atoms with Crippen LogP contribution in [0, 0.1) is 46.8 Å². The first-order chi connectivity index (χ1) is 12.0. The minimum absolute atomic E-state index is 0.130. The summed E-state index contributed by atoms with van der Waals surface area (Å²) in [4.78, 5) is 3.01. The Balaban J connectivity index is 3.79. The van der Waals surface area contributed by atoms with E-state index in [9.17, 15) is 0 Å². The molecule has 4 atom stereocenters. The highest BCUT2D eigenvalue weighted by atomic mass is 15.3. The van der Waals surface area contributed by atoms with Crippen LogP contribution in [0.1, 0.15) is 104 Å². The molecule has 0 amide bonds. The van der Waals surface area contributed by atoms with Crippen LogP contribution in [-0.2, 0) is 0 Å². The third kappa shape index (κ3) is 3.53. The van der Waals surface area contributed by atoms with Gasteiger partial charge < -0.3 is 0 Å². The molecule has 0 aromatic carbocycles. The second kappa shape index (κ2) is 8.00. The zero-order valence-electron chi connectivity index (χ0n) is 21.6. The Bertz CT molecular complexity index is 472. The van der Waals surface area contributed by atoms with Crippen molar-refractivity contribution in [1.82, 2.24) is 4.90 Å². The lowest BCUT2D eigenvalue weighted by Gasteiger charge is -2.66. The fraction of sp³-hybridized carbons (Fsp3) is 1.00. The Morgan fingerprint density at radius 2 is 0.963 bits per heavy atom. The van der Waals surface area contributed by atoms with Crippen LogP contribution in [0.15, 0.2) is 0 Å². The Hall–Kier alpha value is -0.0400. The molecule has 0 heterocycles. The lowest BCUT2D eigenvalue weighted by Crippen LogP contribution is -2.73. The molecule has 162 valence electrons. The quantitative estimate of drug-likeness (QED) is 0.396. The molecule has 1 aliphatic rings. The van der Waals surface area contributed by atoms with E-state index in [-0.39, 0.29) is 16.5 Å². The second-order valence-electron chi connectivity index (χ2n) is 12.0. The fourth-order valence-electron chi connectivity index (χ4n) is 7.14. The lowest BCUT2D eigenvalue weighted by atomic mass is 9.53. The maximum absolute atomic E-state index is 3.01.